The molecule has 2 rings (SSSR count). The molecular formula is C10H10N2O2. The SMILES string of the molecule is Cc1cc(C(=O)O)c2cnn(C)c2c1. The third-order valence-corrected chi connectivity index (χ3v) is 2.24. The molecule has 14 heavy (non-hydrogen) atoms. The van der Waals surface area contributed by atoms with Crippen LogP contribution in [-0.2, 0) is 7.05 Å². The van der Waals surface area contributed by atoms with Crippen molar-refractivity contribution in [3.63, 3.8) is 0 Å². The molecule has 0 fully saturated rings. The number of rotatable bonds is 1. The van der Waals surface area contributed by atoms with Crippen LogP contribution in [0.25, 0.3) is 10.9 Å². The van der Waals surface area contributed by atoms with E-state index in [-0.39, 0.29) is 0 Å². The summed E-state index contributed by atoms with van der Waals surface area (Å²) in [6, 6.07) is 3.58. The Morgan fingerprint density at radius 2 is 2.21 bits per heavy atom. The molecule has 0 saturated heterocycles. The Hall–Kier alpha value is -1.84. The number of carboxylic acid groups (broad SMARTS) is 1. The van der Waals surface area contributed by atoms with Crippen molar-refractivity contribution < 1.29 is 9.90 Å². The molecule has 0 unspecified atom stereocenters. The number of aryl methyl sites for hydroxylation is 2. The van der Waals surface area contributed by atoms with Gasteiger partial charge in [0.1, 0.15) is 0 Å². The second-order valence-electron chi connectivity index (χ2n) is 3.32. The van der Waals surface area contributed by atoms with Gasteiger partial charge in [0.05, 0.1) is 17.3 Å². The van der Waals surface area contributed by atoms with Crippen LogP contribution in [0.1, 0.15) is 15.9 Å². The summed E-state index contributed by atoms with van der Waals surface area (Å²) >= 11 is 0. The molecule has 1 aromatic heterocycles. The fourth-order valence-corrected chi connectivity index (χ4v) is 1.57. The van der Waals surface area contributed by atoms with Gasteiger partial charge in [-0.25, -0.2) is 4.79 Å². The summed E-state index contributed by atoms with van der Waals surface area (Å²) in [6.45, 7) is 1.87. The third kappa shape index (κ3) is 1.16. The van der Waals surface area contributed by atoms with Crippen LogP contribution >= 0.6 is 0 Å². The molecule has 1 aromatic carbocycles. The van der Waals surface area contributed by atoms with Gasteiger partial charge >= 0.3 is 5.97 Å². The van der Waals surface area contributed by atoms with Crippen molar-refractivity contribution in [3.8, 4) is 0 Å². The van der Waals surface area contributed by atoms with E-state index in [9.17, 15) is 4.79 Å². The van der Waals surface area contributed by atoms with Crippen LogP contribution in [0.5, 0.6) is 0 Å². The fraction of sp³-hybridized carbons (Fsp3) is 0.200. The van der Waals surface area contributed by atoms with Gasteiger partial charge in [0.15, 0.2) is 0 Å². The number of aromatic carboxylic acids is 1. The molecule has 0 radical (unpaired) electrons. The summed E-state index contributed by atoms with van der Waals surface area (Å²) in [5.41, 5.74) is 2.09. The van der Waals surface area contributed by atoms with Crippen LogP contribution in [0.4, 0.5) is 0 Å². The Bertz CT molecular complexity index is 514. The molecule has 1 N–H and O–H groups in total. The zero-order valence-corrected chi connectivity index (χ0v) is 7.98. The van der Waals surface area contributed by atoms with Crippen molar-refractivity contribution in [2.75, 3.05) is 0 Å². The van der Waals surface area contributed by atoms with Gasteiger partial charge in [0.2, 0.25) is 0 Å². The summed E-state index contributed by atoms with van der Waals surface area (Å²) in [5, 5.41) is 13.7. The predicted octanol–water partition coefficient (Wildman–Crippen LogP) is 1.58. The first-order valence-corrected chi connectivity index (χ1v) is 4.25. The maximum absolute atomic E-state index is 10.9. The zero-order chi connectivity index (χ0) is 10.3. The van der Waals surface area contributed by atoms with Crippen LogP contribution in [0.15, 0.2) is 18.3 Å². The van der Waals surface area contributed by atoms with Crippen molar-refractivity contribution in [2.24, 2.45) is 7.05 Å². The van der Waals surface area contributed by atoms with E-state index in [1.807, 2.05) is 13.0 Å². The van der Waals surface area contributed by atoms with Crippen LogP contribution in [0.3, 0.4) is 0 Å². The Morgan fingerprint density at radius 1 is 1.50 bits per heavy atom. The highest BCUT2D eigenvalue weighted by Crippen LogP contribution is 2.20. The first-order chi connectivity index (χ1) is 6.59. The average Bonchev–Trinajstić information content (AvgIpc) is 2.47. The lowest BCUT2D eigenvalue weighted by Gasteiger charge is -2.00. The number of carboxylic acids is 1. The molecule has 2 aromatic rings. The van der Waals surface area contributed by atoms with Crippen molar-refractivity contribution in [2.45, 2.75) is 6.92 Å². The van der Waals surface area contributed by atoms with E-state index in [0.717, 1.165) is 11.1 Å². The average molecular weight is 190 g/mol. The number of aromatic nitrogens is 2. The van der Waals surface area contributed by atoms with E-state index >= 15 is 0 Å². The second-order valence-corrected chi connectivity index (χ2v) is 3.32. The van der Waals surface area contributed by atoms with E-state index in [4.69, 9.17) is 5.11 Å². The minimum Gasteiger partial charge on any atom is -0.478 e. The van der Waals surface area contributed by atoms with Crippen molar-refractivity contribution in [1.29, 1.82) is 0 Å². The number of hydrogen-bond acceptors (Lipinski definition) is 2. The Labute approximate surface area is 80.8 Å². The van der Waals surface area contributed by atoms with Crippen LogP contribution in [0.2, 0.25) is 0 Å². The molecule has 0 amide bonds. The highest BCUT2D eigenvalue weighted by atomic mass is 16.4. The van der Waals surface area contributed by atoms with Gasteiger partial charge in [0, 0.05) is 12.4 Å². The standard InChI is InChI=1S/C10H10N2O2/c1-6-3-7(10(13)14)8-5-11-12(2)9(8)4-6/h3-5H,1-2H3,(H,13,14). The second kappa shape index (κ2) is 2.83. The lowest BCUT2D eigenvalue weighted by atomic mass is 10.1. The highest BCUT2D eigenvalue weighted by molar-refractivity contribution is 6.02. The minimum absolute atomic E-state index is 0.313. The lowest BCUT2D eigenvalue weighted by molar-refractivity contribution is 0.0699. The van der Waals surface area contributed by atoms with E-state index in [1.165, 1.54) is 0 Å². The molecule has 0 aliphatic carbocycles. The Morgan fingerprint density at radius 3 is 2.86 bits per heavy atom. The highest BCUT2D eigenvalue weighted by Gasteiger charge is 2.11. The Kier molecular flexibility index (Phi) is 1.77. The molecule has 0 aliphatic heterocycles. The molecule has 4 heteroatoms. The van der Waals surface area contributed by atoms with E-state index in [1.54, 1.807) is 24.0 Å². The van der Waals surface area contributed by atoms with Gasteiger partial charge in [0.25, 0.3) is 0 Å². The summed E-state index contributed by atoms with van der Waals surface area (Å²) in [7, 11) is 1.80. The van der Waals surface area contributed by atoms with Crippen LogP contribution in [-0.4, -0.2) is 20.9 Å². The monoisotopic (exact) mass is 190 g/mol. The zero-order valence-electron chi connectivity index (χ0n) is 7.98. The molecular weight excluding hydrogens is 180 g/mol. The first kappa shape index (κ1) is 8.74. The molecule has 4 nitrogen and oxygen atoms in total. The fourth-order valence-electron chi connectivity index (χ4n) is 1.57. The third-order valence-electron chi connectivity index (χ3n) is 2.24. The number of hydrogen-bond donors (Lipinski definition) is 1. The van der Waals surface area contributed by atoms with Gasteiger partial charge in [-0.1, -0.05) is 0 Å². The number of nitrogens with zero attached hydrogens (tertiary/aromatic N) is 2. The van der Waals surface area contributed by atoms with Crippen molar-refractivity contribution >= 4 is 16.9 Å². The van der Waals surface area contributed by atoms with Gasteiger partial charge in [-0.05, 0) is 24.6 Å². The number of carbonyl (C=O) groups is 1. The molecule has 0 bridgehead atoms. The van der Waals surface area contributed by atoms with Crippen LogP contribution in [0, 0.1) is 6.92 Å². The molecule has 1 heterocycles. The predicted molar refractivity (Wildman–Crippen MR) is 52.4 cm³/mol. The number of benzene rings is 1. The molecule has 72 valence electrons. The van der Waals surface area contributed by atoms with Gasteiger partial charge in [-0.2, -0.15) is 5.10 Å². The maximum Gasteiger partial charge on any atom is 0.336 e. The topological polar surface area (TPSA) is 55.1 Å². The molecule has 0 spiro atoms. The lowest BCUT2D eigenvalue weighted by Crippen LogP contribution is -1.98. The molecule has 0 saturated carbocycles. The summed E-state index contributed by atoms with van der Waals surface area (Å²) in [5.74, 6) is -0.910. The largest absolute Gasteiger partial charge is 0.478 e. The van der Waals surface area contributed by atoms with Gasteiger partial charge in [-0.3, -0.25) is 4.68 Å². The van der Waals surface area contributed by atoms with E-state index < -0.39 is 5.97 Å². The number of fused-ring (bicyclic) bond motifs is 1. The summed E-state index contributed by atoms with van der Waals surface area (Å²) in [4.78, 5) is 10.9. The normalized spacial score (nSPS) is 10.7. The molecule has 0 aliphatic rings. The van der Waals surface area contributed by atoms with E-state index in [0.29, 0.717) is 10.9 Å². The van der Waals surface area contributed by atoms with Crippen molar-refractivity contribution in [3.05, 3.63) is 29.5 Å². The van der Waals surface area contributed by atoms with Crippen LogP contribution < -0.4 is 0 Å². The first-order valence-electron chi connectivity index (χ1n) is 4.25. The smallest absolute Gasteiger partial charge is 0.336 e. The summed E-state index contributed by atoms with van der Waals surface area (Å²) < 4.78 is 1.68. The van der Waals surface area contributed by atoms with Gasteiger partial charge in [-0.15, -0.1) is 0 Å². The van der Waals surface area contributed by atoms with Gasteiger partial charge < -0.3 is 5.11 Å². The summed E-state index contributed by atoms with van der Waals surface area (Å²) in [6.07, 6.45) is 1.58. The minimum atomic E-state index is -0.910. The quantitative estimate of drug-likeness (QED) is 0.742. The maximum atomic E-state index is 10.9. The molecule has 0 atom stereocenters. The van der Waals surface area contributed by atoms with E-state index in [2.05, 4.69) is 5.10 Å². The Balaban J connectivity index is 2.88. The van der Waals surface area contributed by atoms with Crippen molar-refractivity contribution in [1.82, 2.24) is 9.78 Å².